The third-order valence-electron chi connectivity index (χ3n) is 2.45. The molecule has 1 heterocycles. The highest BCUT2D eigenvalue weighted by atomic mass is 16.5. The van der Waals surface area contributed by atoms with Gasteiger partial charge in [0, 0.05) is 5.56 Å². The molecule has 1 aromatic heterocycles. The molecule has 3 heteroatoms. The topological polar surface area (TPSA) is 39.4 Å². The number of carbonyl (C=O) groups is 1. The first-order valence-electron chi connectivity index (χ1n) is 4.95. The lowest BCUT2D eigenvalue weighted by Crippen LogP contribution is -2.03. The number of aryl methyl sites for hydroxylation is 1. The summed E-state index contributed by atoms with van der Waals surface area (Å²) in [5.74, 6) is 0.413. The average Bonchev–Trinajstić information content (AvgIpc) is 2.82. The Bertz CT molecular complexity index is 498. The molecule has 1 aromatic carbocycles. The molecule has 0 aliphatic rings. The molecular weight excluding hydrogens is 204 g/mol. The average molecular weight is 216 g/mol. The van der Waals surface area contributed by atoms with Crippen molar-refractivity contribution in [3.05, 3.63) is 47.7 Å². The van der Waals surface area contributed by atoms with Crippen LogP contribution >= 0.6 is 0 Å². The largest absolute Gasteiger partial charge is 0.465 e. The summed E-state index contributed by atoms with van der Waals surface area (Å²) < 4.78 is 10.00. The quantitative estimate of drug-likeness (QED) is 0.724. The van der Waals surface area contributed by atoms with Gasteiger partial charge in [0.15, 0.2) is 0 Å². The van der Waals surface area contributed by atoms with Crippen molar-refractivity contribution in [1.29, 1.82) is 0 Å². The lowest BCUT2D eigenvalue weighted by Gasteiger charge is -2.05. The van der Waals surface area contributed by atoms with Gasteiger partial charge in [0.05, 0.1) is 18.9 Å². The van der Waals surface area contributed by atoms with E-state index in [-0.39, 0.29) is 5.97 Å². The molecule has 0 atom stereocenters. The van der Waals surface area contributed by atoms with Crippen molar-refractivity contribution in [3.63, 3.8) is 0 Å². The molecule has 0 saturated carbocycles. The van der Waals surface area contributed by atoms with Crippen molar-refractivity contribution in [3.8, 4) is 11.3 Å². The molecule has 0 bridgehead atoms. The van der Waals surface area contributed by atoms with Gasteiger partial charge in [-0.05, 0) is 30.7 Å². The summed E-state index contributed by atoms with van der Waals surface area (Å²) in [4.78, 5) is 11.5. The zero-order valence-corrected chi connectivity index (χ0v) is 9.19. The van der Waals surface area contributed by atoms with E-state index in [2.05, 4.69) is 0 Å². The molecule has 0 amide bonds. The zero-order chi connectivity index (χ0) is 11.5. The van der Waals surface area contributed by atoms with Crippen LogP contribution in [-0.4, -0.2) is 13.1 Å². The van der Waals surface area contributed by atoms with Gasteiger partial charge in [0.25, 0.3) is 0 Å². The van der Waals surface area contributed by atoms with Gasteiger partial charge in [0.1, 0.15) is 5.76 Å². The Morgan fingerprint density at radius 3 is 2.75 bits per heavy atom. The van der Waals surface area contributed by atoms with E-state index < -0.39 is 0 Å². The first-order valence-corrected chi connectivity index (χ1v) is 4.95. The van der Waals surface area contributed by atoms with Gasteiger partial charge in [-0.3, -0.25) is 0 Å². The fourth-order valence-electron chi connectivity index (χ4n) is 1.55. The lowest BCUT2D eigenvalue weighted by molar-refractivity contribution is 0.0600. The van der Waals surface area contributed by atoms with Crippen LogP contribution in [-0.2, 0) is 4.74 Å². The number of carbonyl (C=O) groups excluding carboxylic acids is 1. The normalized spacial score (nSPS) is 10.1. The zero-order valence-electron chi connectivity index (χ0n) is 9.19. The highest BCUT2D eigenvalue weighted by Gasteiger charge is 2.11. The molecule has 0 unspecified atom stereocenters. The lowest BCUT2D eigenvalue weighted by atomic mass is 10.0. The number of hydrogen-bond acceptors (Lipinski definition) is 3. The summed E-state index contributed by atoms with van der Waals surface area (Å²) >= 11 is 0. The molecule has 0 fully saturated rings. The summed E-state index contributed by atoms with van der Waals surface area (Å²) in [6.07, 6.45) is 1.60. The van der Waals surface area contributed by atoms with Gasteiger partial charge in [-0.15, -0.1) is 0 Å². The first-order chi connectivity index (χ1) is 7.72. The maximum Gasteiger partial charge on any atom is 0.338 e. The van der Waals surface area contributed by atoms with E-state index >= 15 is 0 Å². The van der Waals surface area contributed by atoms with Crippen LogP contribution in [0, 0.1) is 6.92 Å². The maximum absolute atomic E-state index is 11.5. The third kappa shape index (κ3) is 1.84. The van der Waals surface area contributed by atoms with Gasteiger partial charge in [-0.25, -0.2) is 4.79 Å². The van der Waals surface area contributed by atoms with E-state index in [0.717, 1.165) is 16.9 Å². The smallest absolute Gasteiger partial charge is 0.338 e. The Labute approximate surface area is 93.7 Å². The van der Waals surface area contributed by atoms with Crippen molar-refractivity contribution in [1.82, 2.24) is 0 Å². The van der Waals surface area contributed by atoms with Crippen LogP contribution in [0.3, 0.4) is 0 Å². The summed E-state index contributed by atoms with van der Waals surface area (Å²) in [5.41, 5.74) is 2.33. The van der Waals surface area contributed by atoms with E-state index in [4.69, 9.17) is 9.15 Å². The van der Waals surface area contributed by atoms with E-state index in [1.54, 1.807) is 12.3 Å². The monoisotopic (exact) mass is 216 g/mol. The molecule has 0 N–H and O–H groups in total. The summed E-state index contributed by atoms with van der Waals surface area (Å²) in [5, 5.41) is 0. The van der Waals surface area contributed by atoms with Crippen LogP contribution in [0.25, 0.3) is 11.3 Å². The molecule has 2 aromatic rings. The molecule has 16 heavy (non-hydrogen) atoms. The number of hydrogen-bond donors (Lipinski definition) is 0. The second kappa shape index (κ2) is 4.23. The molecule has 3 nitrogen and oxygen atoms in total. The van der Waals surface area contributed by atoms with E-state index in [0.29, 0.717) is 5.56 Å². The van der Waals surface area contributed by atoms with Gasteiger partial charge >= 0.3 is 5.97 Å². The number of methoxy groups -OCH3 is 1. The summed E-state index contributed by atoms with van der Waals surface area (Å²) in [6.45, 7) is 1.87. The van der Waals surface area contributed by atoms with Crippen LogP contribution in [0.1, 0.15) is 15.9 Å². The molecule has 0 aliphatic heterocycles. The second-order valence-electron chi connectivity index (χ2n) is 3.50. The molecule has 0 saturated heterocycles. The minimum absolute atomic E-state index is 0.328. The molecule has 2 rings (SSSR count). The third-order valence-corrected chi connectivity index (χ3v) is 2.45. The molecule has 0 spiro atoms. The highest BCUT2D eigenvalue weighted by molar-refractivity contribution is 5.92. The fraction of sp³-hybridized carbons (Fsp3) is 0.154. The Morgan fingerprint density at radius 1 is 1.31 bits per heavy atom. The Kier molecular flexibility index (Phi) is 2.77. The molecule has 0 radical (unpaired) electrons. The van der Waals surface area contributed by atoms with Crippen molar-refractivity contribution in [2.45, 2.75) is 6.92 Å². The van der Waals surface area contributed by atoms with Gasteiger partial charge in [-0.2, -0.15) is 0 Å². The summed E-state index contributed by atoms with van der Waals surface area (Å²) in [6, 6.07) is 9.24. The highest BCUT2D eigenvalue weighted by Crippen LogP contribution is 2.23. The standard InChI is InChI=1S/C13H12O3/c1-9-5-6-10(12-4-3-7-16-12)8-11(9)13(14)15-2/h3-8H,1-2H3. The Hall–Kier alpha value is -2.03. The number of esters is 1. The maximum atomic E-state index is 11.5. The predicted molar refractivity (Wildman–Crippen MR) is 60.2 cm³/mol. The van der Waals surface area contributed by atoms with Crippen molar-refractivity contribution >= 4 is 5.97 Å². The van der Waals surface area contributed by atoms with E-state index in [1.807, 2.05) is 31.2 Å². The predicted octanol–water partition coefficient (Wildman–Crippen LogP) is 3.04. The molecule has 0 aliphatic carbocycles. The van der Waals surface area contributed by atoms with Crippen LogP contribution < -0.4 is 0 Å². The minimum Gasteiger partial charge on any atom is -0.465 e. The van der Waals surface area contributed by atoms with E-state index in [1.165, 1.54) is 7.11 Å². The Morgan fingerprint density at radius 2 is 2.12 bits per heavy atom. The van der Waals surface area contributed by atoms with Crippen LogP contribution in [0.5, 0.6) is 0 Å². The molecular formula is C13H12O3. The second-order valence-corrected chi connectivity index (χ2v) is 3.50. The number of benzene rings is 1. The first kappa shape index (κ1) is 10.5. The Balaban J connectivity index is 2.47. The van der Waals surface area contributed by atoms with E-state index in [9.17, 15) is 4.79 Å². The molecule has 82 valence electrons. The van der Waals surface area contributed by atoms with Gasteiger partial charge in [-0.1, -0.05) is 12.1 Å². The number of ether oxygens (including phenoxy) is 1. The van der Waals surface area contributed by atoms with Gasteiger partial charge in [0.2, 0.25) is 0 Å². The van der Waals surface area contributed by atoms with Crippen molar-refractivity contribution in [2.24, 2.45) is 0 Å². The fourth-order valence-corrected chi connectivity index (χ4v) is 1.55. The number of rotatable bonds is 2. The number of furan rings is 1. The van der Waals surface area contributed by atoms with Crippen molar-refractivity contribution < 1.29 is 13.9 Å². The minimum atomic E-state index is -0.328. The summed E-state index contributed by atoms with van der Waals surface area (Å²) in [7, 11) is 1.38. The SMILES string of the molecule is COC(=O)c1cc(-c2ccco2)ccc1C. The van der Waals surface area contributed by atoms with Crippen LogP contribution in [0.15, 0.2) is 41.0 Å². The van der Waals surface area contributed by atoms with Gasteiger partial charge < -0.3 is 9.15 Å². The van der Waals surface area contributed by atoms with Crippen LogP contribution in [0.4, 0.5) is 0 Å². The van der Waals surface area contributed by atoms with Crippen LogP contribution in [0.2, 0.25) is 0 Å². The van der Waals surface area contributed by atoms with Crippen molar-refractivity contribution in [2.75, 3.05) is 7.11 Å².